The van der Waals surface area contributed by atoms with E-state index in [2.05, 4.69) is 15.6 Å². The largest absolute Gasteiger partial charge is 0.465 e. The molecule has 6 N–H and O–H groups in total. The fourth-order valence-electron chi connectivity index (χ4n) is 7.48. The van der Waals surface area contributed by atoms with Gasteiger partial charge in [0.05, 0.1) is 17.8 Å². The van der Waals surface area contributed by atoms with Crippen LogP contribution >= 0.6 is 0 Å². The van der Waals surface area contributed by atoms with Crippen molar-refractivity contribution >= 4 is 29.8 Å². The Bertz CT molecular complexity index is 2020. The maximum Gasteiger partial charge on any atom is 0.415 e. The molecule has 59 heavy (non-hydrogen) atoms. The van der Waals surface area contributed by atoms with Gasteiger partial charge in [0.25, 0.3) is 0 Å². The van der Waals surface area contributed by atoms with E-state index in [0.717, 1.165) is 32.8 Å². The molecule has 1 aliphatic heterocycles. The Kier molecular flexibility index (Phi) is 14.4. The summed E-state index contributed by atoms with van der Waals surface area (Å²) >= 11 is 0. The van der Waals surface area contributed by atoms with Crippen LogP contribution in [-0.4, -0.2) is 97.8 Å². The van der Waals surface area contributed by atoms with Gasteiger partial charge in [0, 0.05) is 49.7 Å². The molecule has 13 heteroatoms. The van der Waals surface area contributed by atoms with Crippen LogP contribution in [0.25, 0.3) is 11.3 Å². The normalized spacial score (nSPS) is 15.3. The van der Waals surface area contributed by atoms with Crippen molar-refractivity contribution in [3.8, 4) is 11.3 Å². The molecule has 0 saturated carbocycles. The number of urea groups is 2. The van der Waals surface area contributed by atoms with Crippen LogP contribution in [0.3, 0.4) is 0 Å². The zero-order chi connectivity index (χ0) is 42.9. The van der Waals surface area contributed by atoms with Gasteiger partial charge in [-0.3, -0.25) is 9.78 Å². The van der Waals surface area contributed by atoms with Crippen LogP contribution in [0.1, 0.15) is 64.7 Å². The van der Waals surface area contributed by atoms with Crippen molar-refractivity contribution in [2.75, 3.05) is 25.4 Å². The Morgan fingerprint density at radius 3 is 2.03 bits per heavy atom. The molecule has 4 unspecified atom stereocenters. The van der Waals surface area contributed by atoms with E-state index in [0.29, 0.717) is 25.3 Å². The highest BCUT2D eigenvalue weighted by atomic mass is 16.4. The molecular formula is C46H59N7O6. The standard InChI is InChI=1S/C46H59N7O6/c1-45(2,3)30-53(44(58)59)42(56)49-36(26-32-15-19-34(20-16-32)37-14-10-11-23-48-37)28-39(54)38(27-31-12-8-7-9-13-31)50-41(55)40(46(4,5)6)52-25-24-51(43(52)57)29-33-17-21-35(47)22-18-33/h7-23,36,38-40,54H,24-30,47H2,1-6H3,(H,49,56)(H,50,55)(H,58,59). The Labute approximate surface area is 347 Å². The quantitative estimate of drug-likeness (QED) is 0.0813. The van der Waals surface area contributed by atoms with E-state index in [9.17, 15) is 29.4 Å². The molecule has 0 radical (unpaired) electrons. The number of aliphatic hydroxyl groups is 1. The number of benzene rings is 3. The number of imide groups is 1. The lowest BCUT2D eigenvalue weighted by atomic mass is 9.84. The Hall–Kier alpha value is -5.95. The summed E-state index contributed by atoms with van der Waals surface area (Å²) in [6.45, 7) is 12.4. The number of aliphatic hydroxyl groups excluding tert-OH is 1. The molecule has 6 amide bonds. The number of pyridine rings is 1. The van der Waals surface area contributed by atoms with Gasteiger partial charge < -0.3 is 36.4 Å². The number of hydrogen-bond donors (Lipinski definition) is 5. The third kappa shape index (κ3) is 12.5. The number of carbonyl (C=O) groups is 4. The van der Waals surface area contributed by atoms with Gasteiger partial charge in [-0.15, -0.1) is 0 Å². The van der Waals surface area contributed by atoms with Crippen molar-refractivity contribution in [2.24, 2.45) is 10.8 Å². The van der Waals surface area contributed by atoms with Crippen LogP contribution in [0.5, 0.6) is 0 Å². The van der Waals surface area contributed by atoms with Crippen molar-refractivity contribution in [1.82, 2.24) is 30.3 Å². The second-order valence-electron chi connectivity index (χ2n) is 17.7. The molecule has 4 aromatic rings. The lowest BCUT2D eigenvalue weighted by Crippen LogP contribution is -2.59. The average molecular weight is 806 g/mol. The summed E-state index contributed by atoms with van der Waals surface area (Å²) in [4.78, 5) is 62.9. The van der Waals surface area contributed by atoms with E-state index in [-0.39, 0.29) is 31.8 Å². The number of hydrogen-bond acceptors (Lipinski definition) is 7. The van der Waals surface area contributed by atoms with Gasteiger partial charge in [-0.2, -0.15) is 0 Å². The number of carboxylic acid groups (broad SMARTS) is 1. The Balaban J connectivity index is 1.40. The van der Waals surface area contributed by atoms with Gasteiger partial charge in [-0.1, -0.05) is 114 Å². The molecular weight excluding hydrogens is 747 g/mol. The van der Waals surface area contributed by atoms with Crippen molar-refractivity contribution in [2.45, 2.75) is 91.6 Å². The molecule has 5 rings (SSSR count). The maximum atomic E-state index is 14.5. The summed E-state index contributed by atoms with van der Waals surface area (Å²) in [5.41, 5.74) is 9.65. The first-order valence-electron chi connectivity index (χ1n) is 20.1. The van der Waals surface area contributed by atoms with Crippen molar-refractivity contribution < 1.29 is 29.4 Å². The monoisotopic (exact) mass is 805 g/mol. The van der Waals surface area contributed by atoms with Gasteiger partial charge in [0.15, 0.2) is 0 Å². The summed E-state index contributed by atoms with van der Waals surface area (Å²) < 4.78 is 0. The van der Waals surface area contributed by atoms with E-state index < -0.39 is 53.1 Å². The predicted octanol–water partition coefficient (Wildman–Crippen LogP) is 6.81. The van der Waals surface area contributed by atoms with Gasteiger partial charge in [-0.25, -0.2) is 19.3 Å². The number of anilines is 1. The van der Waals surface area contributed by atoms with Gasteiger partial charge in [-0.05, 0) is 71.0 Å². The molecule has 314 valence electrons. The Morgan fingerprint density at radius 1 is 0.814 bits per heavy atom. The molecule has 0 aliphatic carbocycles. The topological polar surface area (TPSA) is 181 Å². The lowest BCUT2D eigenvalue weighted by Gasteiger charge is -2.38. The molecule has 0 spiro atoms. The van der Waals surface area contributed by atoms with Crippen molar-refractivity contribution in [3.63, 3.8) is 0 Å². The molecule has 2 heterocycles. The smallest absolute Gasteiger partial charge is 0.415 e. The number of nitrogens with two attached hydrogens (primary N) is 1. The number of nitrogens with one attached hydrogen (secondary N) is 2. The molecule has 1 saturated heterocycles. The van der Waals surface area contributed by atoms with Crippen LogP contribution in [-0.2, 0) is 24.2 Å². The number of aromatic nitrogens is 1. The molecule has 4 atom stereocenters. The first-order chi connectivity index (χ1) is 27.9. The van der Waals surface area contributed by atoms with E-state index in [1.54, 1.807) is 28.1 Å². The first kappa shape index (κ1) is 44.2. The summed E-state index contributed by atoms with van der Waals surface area (Å²) in [6, 6.07) is 26.6. The van der Waals surface area contributed by atoms with Crippen molar-refractivity contribution in [3.05, 3.63) is 120 Å². The average Bonchev–Trinajstić information content (AvgIpc) is 3.52. The fraction of sp³-hybridized carbons (Fsp3) is 0.413. The highest BCUT2D eigenvalue weighted by molar-refractivity contribution is 5.90. The maximum absolute atomic E-state index is 14.5. The zero-order valence-corrected chi connectivity index (χ0v) is 35.0. The van der Waals surface area contributed by atoms with Crippen molar-refractivity contribution in [1.29, 1.82) is 0 Å². The van der Waals surface area contributed by atoms with E-state index in [4.69, 9.17) is 5.73 Å². The van der Waals surface area contributed by atoms with Gasteiger partial charge in [0.1, 0.15) is 6.04 Å². The second kappa shape index (κ2) is 19.2. The van der Waals surface area contributed by atoms with Gasteiger partial charge in [0.2, 0.25) is 5.91 Å². The van der Waals surface area contributed by atoms with Crippen LogP contribution in [0.2, 0.25) is 0 Å². The van der Waals surface area contributed by atoms with Crippen LogP contribution < -0.4 is 16.4 Å². The highest BCUT2D eigenvalue weighted by Gasteiger charge is 2.44. The fourth-order valence-corrected chi connectivity index (χ4v) is 7.48. The number of amides is 6. The third-order valence-corrected chi connectivity index (χ3v) is 10.3. The molecule has 0 bridgehead atoms. The molecule has 13 nitrogen and oxygen atoms in total. The summed E-state index contributed by atoms with van der Waals surface area (Å²) in [5.74, 6) is -0.409. The molecule has 1 aliphatic rings. The van der Waals surface area contributed by atoms with E-state index in [1.165, 1.54) is 0 Å². The second-order valence-corrected chi connectivity index (χ2v) is 17.7. The molecule has 1 fully saturated rings. The minimum atomic E-state index is -1.39. The molecule has 1 aromatic heterocycles. The number of nitrogens with zero attached hydrogens (tertiary/aromatic N) is 4. The third-order valence-electron chi connectivity index (χ3n) is 10.3. The number of carbonyl (C=O) groups excluding carboxylic acids is 3. The Morgan fingerprint density at radius 2 is 1.44 bits per heavy atom. The van der Waals surface area contributed by atoms with Crippen LogP contribution in [0, 0.1) is 10.8 Å². The highest BCUT2D eigenvalue weighted by Crippen LogP contribution is 2.29. The number of nitrogen functional groups attached to an aromatic ring is 1. The minimum absolute atomic E-state index is 0.0211. The zero-order valence-electron chi connectivity index (χ0n) is 35.0. The van der Waals surface area contributed by atoms with E-state index in [1.807, 2.05) is 126 Å². The number of rotatable bonds is 15. The SMILES string of the molecule is CC(C)(C)CN(C(=O)O)C(=O)NC(Cc1ccc(-c2ccccn2)cc1)CC(O)C(Cc1ccccc1)NC(=O)C(N1CCN(Cc2ccc(N)cc2)C1=O)C(C)(C)C. The minimum Gasteiger partial charge on any atom is -0.465 e. The lowest BCUT2D eigenvalue weighted by molar-refractivity contribution is -0.130. The summed E-state index contributed by atoms with van der Waals surface area (Å²) in [7, 11) is 0. The van der Waals surface area contributed by atoms with Crippen LogP contribution in [0.4, 0.5) is 20.1 Å². The summed E-state index contributed by atoms with van der Waals surface area (Å²) in [5, 5.41) is 28.2. The van der Waals surface area contributed by atoms with E-state index >= 15 is 0 Å². The first-order valence-corrected chi connectivity index (χ1v) is 20.1. The summed E-state index contributed by atoms with van der Waals surface area (Å²) in [6.07, 6.45) is -0.370. The van der Waals surface area contributed by atoms with Crippen LogP contribution in [0.15, 0.2) is 103 Å². The predicted molar refractivity (Wildman–Crippen MR) is 229 cm³/mol. The van der Waals surface area contributed by atoms with Gasteiger partial charge >= 0.3 is 18.2 Å². The molecule has 3 aromatic carbocycles.